The number of piperidine rings is 1. The first-order chi connectivity index (χ1) is 13.7. The van der Waals surface area contributed by atoms with Gasteiger partial charge in [-0.05, 0) is 50.4 Å². The molecule has 0 radical (unpaired) electrons. The zero-order valence-electron chi connectivity index (χ0n) is 16.4. The number of esters is 1. The van der Waals surface area contributed by atoms with Crippen LogP contribution >= 0.6 is 0 Å². The fraction of sp³-hybridized carbons (Fsp3) is 0.391. The van der Waals surface area contributed by atoms with E-state index in [1.165, 1.54) is 5.56 Å². The van der Waals surface area contributed by atoms with E-state index in [0.29, 0.717) is 26.1 Å². The number of likely N-dealkylation sites (tertiary alicyclic amines) is 1. The summed E-state index contributed by atoms with van der Waals surface area (Å²) in [5.41, 5.74) is 2.72. The maximum atomic E-state index is 13.0. The molecule has 0 amide bonds. The van der Waals surface area contributed by atoms with Crippen LogP contribution in [-0.2, 0) is 22.5 Å². The summed E-state index contributed by atoms with van der Waals surface area (Å²) in [7, 11) is 0. The Morgan fingerprint density at radius 1 is 1.18 bits per heavy atom. The molecule has 1 saturated heterocycles. The standard InChI is InChI=1S/C23H27N3O2/c1-2-28-22(27)23(15-18-9-4-3-5-10-18)13-8-14-26(17-23)16-21-24-19-11-6-7-12-20(19)25-21/h3-7,9-12H,2,8,13-17H2,1H3,(H,24,25)/t23-/m0/s1. The fourth-order valence-corrected chi connectivity index (χ4v) is 4.31. The smallest absolute Gasteiger partial charge is 0.313 e. The van der Waals surface area contributed by atoms with Crippen molar-refractivity contribution in [3.05, 3.63) is 66.0 Å². The molecule has 28 heavy (non-hydrogen) atoms. The molecule has 1 atom stereocenters. The van der Waals surface area contributed by atoms with Crippen molar-refractivity contribution in [3.8, 4) is 0 Å². The van der Waals surface area contributed by atoms with E-state index in [2.05, 4.69) is 22.0 Å². The molecule has 1 aromatic heterocycles. The minimum Gasteiger partial charge on any atom is -0.466 e. The number of nitrogens with zero attached hydrogens (tertiary/aromatic N) is 2. The number of nitrogens with one attached hydrogen (secondary N) is 1. The fourth-order valence-electron chi connectivity index (χ4n) is 4.31. The minimum atomic E-state index is -0.498. The van der Waals surface area contributed by atoms with Gasteiger partial charge in [-0.3, -0.25) is 9.69 Å². The Morgan fingerprint density at radius 3 is 2.75 bits per heavy atom. The van der Waals surface area contributed by atoms with Crippen molar-refractivity contribution < 1.29 is 9.53 Å². The van der Waals surface area contributed by atoms with Gasteiger partial charge in [-0.25, -0.2) is 4.98 Å². The Bertz CT molecular complexity index is 904. The van der Waals surface area contributed by atoms with Crippen LogP contribution in [0.5, 0.6) is 0 Å². The van der Waals surface area contributed by atoms with Crippen molar-refractivity contribution >= 4 is 17.0 Å². The summed E-state index contributed by atoms with van der Waals surface area (Å²) in [6.07, 6.45) is 2.55. The topological polar surface area (TPSA) is 58.2 Å². The van der Waals surface area contributed by atoms with Crippen molar-refractivity contribution in [2.24, 2.45) is 5.41 Å². The number of benzene rings is 2. The molecule has 4 rings (SSSR count). The number of hydrogen-bond donors (Lipinski definition) is 1. The minimum absolute atomic E-state index is 0.0758. The van der Waals surface area contributed by atoms with Crippen molar-refractivity contribution in [1.29, 1.82) is 0 Å². The van der Waals surface area contributed by atoms with Crippen molar-refractivity contribution in [2.45, 2.75) is 32.7 Å². The first-order valence-electron chi connectivity index (χ1n) is 10.1. The van der Waals surface area contributed by atoms with Gasteiger partial charge in [0.1, 0.15) is 5.82 Å². The van der Waals surface area contributed by atoms with E-state index >= 15 is 0 Å². The lowest BCUT2D eigenvalue weighted by molar-refractivity contribution is -0.159. The highest BCUT2D eigenvalue weighted by Crippen LogP contribution is 2.36. The molecule has 3 aromatic rings. The summed E-state index contributed by atoms with van der Waals surface area (Å²) >= 11 is 0. The molecule has 0 spiro atoms. The van der Waals surface area contributed by atoms with Gasteiger partial charge in [-0.1, -0.05) is 42.5 Å². The Kier molecular flexibility index (Phi) is 5.44. The van der Waals surface area contributed by atoms with Gasteiger partial charge in [0.2, 0.25) is 0 Å². The molecule has 5 heteroatoms. The third-order valence-electron chi connectivity index (χ3n) is 5.56. The van der Waals surface area contributed by atoms with E-state index in [1.807, 2.05) is 49.4 Å². The quantitative estimate of drug-likeness (QED) is 0.661. The molecule has 1 fully saturated rings. The first-order valence-corrected chi connectivity index (χ1v) is 10.1. The number of rotatable bonds is 6. The number of aromatic amines is 1. The van der Waals surface area contributed by atoms with Gasteiger partial charge in [-0.15, -0.1) is 0 Å². The number of ether oxygens (including phenoxy) is 1. The Morgan fingerprint density at radius 2 is 1.96 bits per heavy atom. The van der Waals surface area contributed by atoms with Gasteiger partial charge in [0.25, 0.3) is 0 Å². The monoisotopic (exact) mass is 377 g/mol. The van der Waals surface area contributed by atoms with Crippen molar-refractivity contribution in [3.63, 3.8) is 0 Å². The molecule has 1 aliphatic heterocycles. The average Bonchev–Trinajstić information content (AvgIpc) is 3.11. The first kappa shape index (κ1) is 18.7. The largest absolute Gasteiger partial charge is 0.466 e. The third kappa shape index (κ3) is 3.94. The molecule has 2 aromatic carbocycles. The van der Waals surface area contributed by atoms with Crippen LogP contribution in [0, 0.1) is 5.41 Å². The maximum absolute atomic E-state index is 13.0. The van der Waals surface area contributed by atoms with E-state index < -0.39 is 5.41 Å². The van der Waals surface area contributed by atoms with Crippen LogP contribution < -0.4 is 0 Å². The zero-order valence-corrected chi connectivity index (χ0v) is 16.4. The molecule has 1 N–H and O–H groups in total. The lowest BCUT2D eigenvalue weighted by Crippen LogP contribution is -2.49. The molecule has 0 aliphatic carbocycles. The molecular weight excluding hydrogens is 350 g/mol. The number of carbonyl (C=O) groups is 1. The molecule has 2 heterocycles. The van der Waals surface area contributed by atoms with Crippen LogP contribution in [0.25, 0.3) is 11.0 Å². The number of aromatic nitrogens is 2. The Hall–Kier alpha value is -2.66. The molecule has 1 aliphatic rings. The summed E-state index contributed by atoms with van der Waals surface area (Å²) in [6, 6.07) is 18.3. The van der Waals surface area contributed by atoms with Crippen LogP contribution in [0.1, 0.15) is 31.2 Å². The molecule has 0 unspecified atom stereocenters. The highest BCUT2D eigenvalue weighted by atomic mass is 16.5. The summed E-state index contributed by atoms with van der Waals surface area (Å²) in [4.78, 5) is 23.4. The lowest BCUT2D eigenvalue weighted by Gasteiger charge is -2.40. The highest BCUT2D eigenvalue weighted by molar-refractivity contribution is 5.78. The van der Waals surface area contributed by atoms with E-state index in [4.69, 9.17) is 9.72 Å². The maximum Gasteiger partial charge on any atom is 0.313 e. The number of para-hydroxylation sites is 2. The van der Waals surface area contributed by atoms with Crippen LogP contribution in [-0.4, -0.2) is 40.5 Å². The van der Waals surface area contributed by atoms with Gasteiger partial charge in [0, 0.05) is 6.54 Å². The molecular formula is C23H27N3O2. The molecule has 5 nitrogen and oxygen atoms in total. The summed E-state index contributed by atoms with van der Waals surface area (Å²) in [6.45, 7) is 4.66. The normalized spacial score (nSPS) is 20.3. The van der Waals surface area contributed by atoms with Crippen molar-refractivity contribution in [1.82, 2.24) is 14.9 Å². The molecule has 146 valence electrons. The van der Waals surface area contributed by atoms with Gasteiger partial charge >= 0.3 is 5.97 Å². The summed E-state index contributed by atoms with van der Waals surface area (Å²) < 4.78 is 5.51. The molecule has 0 bridgehead atoms. The SMILES string of the molecule is CCOC(=O)[C@]1(Cc2ccccc2)CCCN(Cc2nc3ccccc3[nH]2)C1. The summed E-state index contributed by atoms with van der Waals surface area (Å²) in [5.74, 6) is 0.869. The number of carbonyl (C=O) groups excluding carboxylic acids is 1. The van der Waals surface area contributed by atoms with Crippen LogP contribution in [0.3, 0.4) is 0 Å². The van der Waals surface area contributed by atoms with Gasteiger partial charge in [0.15, 0.2) is 0 Å². The third-order valence-corrected chi connectivity index (χ3v) is 5.56. The van der Waals surface area contributed by atoms with Crippen LogP contribution in [0.4, 0.5) is 0 Å². The van der Waals surface area contributed by atoms with Gasteiger partial charge < -0.3 is 9.72 Å². The van der Waals surface area contributed by atoms with E-state index in [9.17, 15) is 4.79 Å². The second kappa shape index (κ2) is 8.15. The van der Waals surface area contributed by atoms with Gasteiger partial charge in [-0.2, -0.15) is 0 Å². The second-order valence-electron chi connectivity index (χ2n) is 7.68. The second-order valence-corrected chi connectivity index (χ2v) is 7.68. The number of hydrogen-bond acceptors (Lipinski definition) is 4. The van der Waals surface area contributed by atoms with E-state index in [0.717, 1.165) is 36.2 Å². The predicted octanol–water partition coefficient (Wildman–Crippen LogP) is 3.95. The number of fused-ring (bicyclic) bond motifs is 1. The number of H-pyrrole nitrogens is 1. The molecule has 0 saturated carbocycles. The van der Waals surface area contributed by atoms with Crippen LogP contribution in [0.15, 0.2) is 54.6 Å². The number of imidazole rings is 1. The average molecular weight is 377 g/mol. The predicted molar refractivity (Wildman–Crippen MR) is 110 cm³/mol. The Labute approximate surface area is 165 Å². The lowest BCUT2D eigenvalue weighted by atomic mass is 9.75. The van der Waals surface area contributed by atoms with Crippen molar-refractivity contribution in [2.75, 3.05) is 19.7 Å². The highest BCUT2D eigenvalue weighted by Gasteiger charge is 2.43. The van der Waals surface area contributed by atoms with Crippen LogP contribution in [0.2, 0.25) is 0 Å². The summed E-state index contributed by atoms with van der Waals surface area (Å²) in [5, 5.41) is 0. The van der Waals surface area contributed by atoms with Gasteiger partial charge in [0.05, 0.1) is 29.6 Å². The van der Waals surface area contributed by atoms with E-state index in [-0.39, 0.29) is 5.97 Å². The van der Waals surface area contributed by atoms with E-state index in [1.54, 1.807) is 0 Å². The Balaban J connectivity index is 1.55. The zero-order chi connectivity index (χ0) is 19.4.